The van der Waals surface area contributed by atoms with Crippen LogP contribution < -0.4 is 5.32 Å². The Morgan fingerprint density at radius 1 is 1.36 bits per heavy atom. The van der Waals surface area contributed by atoms with E-state index in [9.17, 15) is 9.90 Å². The van der Waals surface area contributed by atoms with Crippen LogP contribution >= 0.6 is 0 Å². The van der Waals surface area contributed by atoms with Crippen LogP contribution in [0.4, 0.5) is 0 Å². The third-order valence-electron chi connectivity index (χ3n) is 3.83. The summed E-state index contributed by atoms with van der Waals surface area (Å²) < 4.78 is 0. The molecule has 4 nitrogen and oxygen atoms in total. The quantitative estimate of drug-likeness (QED) is 0.853. The van der Waals surface area contributed by atoms with E-state index in [1.807, 2.05) is 37.3 Å². The van der Waals surface area contributed by atoms with E-state index in [2.05, 4.69) is 10.3 Å². The van der Waals surface area contributed by atoms with Gasteiger partial charge in [0.2, 0.25) is 5.91 Å². The second-order valence-electron chi connectivity index (χ2n) is 5.59. The molecule has 1 aromatic heterocycles. The lowest BCUT2D eigenvalue weighted by molar-refractivity contribution is -0.117. The van der Waals surface area contributed by atoms with Gasteiger partial charge in [-0.15, -0.1) is 0 Å². The number of nitrogens with one attached hydrogen (secondary N) is 1. The molecule has 3 rings (SSSR count). The molecule has 2 atom stereocenters. The lowest BCUT2D eigenvalue weighted by Gasteiger charge is -2.16. The SMILES string of the molecule is Cc1cncc(/C=C/C(=O)N[C@@H]2c3ccccc3C[C@@H]2O)c1. The number of hydrogen-bond acceptors (Lipinski definition) is 3. The van der Waals surface area contributed by atoms with Gasteiger partial charge in [-0.05, 0) is 41.3 Å². The van der Waals surface area contributed by atoms with Crippen LogP contribution in [0.2, 0.25) is 0 Å². The lowest BCUT2D eigenvalue weighted by atomic mass is 10.1. The van der Waals surface area contributed by atoms with Crippen molar-refractivity contribution >= 4 is 12.0 Å². The van der Waals surface area contributed by atoms with E-state index in [0.717, 1.165) is 22.3 Å². The third-order valence-corrected chi connectivity index (χ3v) is 3.83. The number of aliphatic hydroxyl groups is 1. The molecule has 0 bridgehead atoms. The van der Waals surface area contributed by atoms with Gasteiger partial charge in [-0.1, -0.05) is 24.3 Å². The first kappa shape index (κ1) is 14.5. The van der Waals surface area contributed by atoms with Crippen molar-refractivity contribution in [2.24, 2.45) is 0 Å². The van der Waals surface area contributed by atoms with E-state index >= 15 is 0 Å². The van der Waals surface area contributed by atoms with Crippen molar-refractivity contribution in [1.82, 2.24) is 10.3 Å². The largest absolute Gasteiger partial charge is 0.390 e. The number of hydrogen-bond donors (Lipinski definition) is 2. The number of nitrogens with zero attached hydrogens (tertiary/aromatic N) is 1. The first-order valence-corrected chi connectivity index (χ1v) is 7.29. The Morgan fingerprint density at radius 3 is 3.00 bits per heavy atom. The Bertz CT molecular complexity index is 725. The molecule has 0 spiro atoms. The van der Waals surface area contributed by atoms with Gasteiger partial charge in [0, 0.05) is 24.9 Å². The van der Waals surface area contributed by atoms with E-state index in [0.29, 0.717) is 6.42 Å². The highest BCUT2D eigenvalue weighted by Gasteiger charge is 2.31. The second kappa shape index (κ2) is 6.12. The minimum absolute atomic E-state index is 0.220. The van der Waals surface area contributed by atoms with Crippen molar-refractivity contribution < 1.29 is 9.90 Å². The molecule has 0 radical (unpaired) electrons. The van der Waals surface area contributed by atoms with Gasteiger partial charge < -0.3 is 10.4 Å². The molecule has 0 aliphatic heterocycles. The molecule has 0 fully saturated rings. The van der Waals surface area contributed by atoms with Crippen molar-refractivity contribution in [3.05, 3.63) is 71.1 Å². The Labute approximate surface area is 129 Å². The van der Waals surface area contributed by atoms with Gasteiger partial charge in [0.1, 0.15) is 0 Å². The number of pyridine rings is 1. The Balaban J connectivity index is 1.70. The van der Waals surface area contributed by atoms with Crippen molar-refractivity contribution in [1.29, 1.82) is 0 Å². The van der Waals surface area contributed by atoms with E-state index in [1.54, 1.807) is 18.5 Å². The Kier molecular flexibility index (Phi) is 4.02. The zero-order chi connectivity index (χ0) is 15.5. The van der Waals surface area contributed by atoms with E-state index < -0.39 is 6.10 Å². The summed E-state index contributed by atoms with van der Waals surface area (Å²) in [7, 11) is 0. The predicted octanol–water partition coefficient (Wildman–Crippen LogP) is 2.18. The average molecular weight is 294 g/mol. The van der Waals surface area contributed by atoms with Crippen LogP contribution in [0.15, 0.2) is 48.8 Å². The number of benzene rings is 1. The number of fused-ring (bicyclic) bond motifs is 1. The van der Waals surface area contributed by atoms with E-state index in [1.165, 1.54) is 6.08 Å². The zero-order valence-electron chi connectivity index (χ0n) is 12.4. The van der Waals surface area contributed by atoms with Crippen molar-refractivity contribution in [2.75, 3.05) is 0 Å². The number of carbonyl (C=O) groups is 1. The second-order valence-corrected chi connectivity index (χ2v) is 5.59. The van der Waals surface area contributed by atoms with Crippen molar-refractivity contribution in [2.45, 2.75) is 25.5 Å². The average Bonchev–Trinajstić information content (AvgIpc) is 2.81. The zero-order valence-corrected chi connectivity index (χ0v) is 12.4. The number of aliphatic hydroxyl groups excluding tert-OH is 1. The molecule has 2 N–H and O–H groups in total. The summed E-state index contributed by atoms with van der Waals surface area (Å²) >= 11 is 0. The highest BCUT2D eigenvalue weighted by molar-refractivity contribution is 5.92. The molecule has 112 valence electrons. The molecule has 1 amide bonds. The molecule has 22 heavy (non-hydrogen) atoms. The highest BCUT2D eigenvalue weighted by Crippen LogP contribution is 2.31. The topological polar surface area (TPSA) is 62.2 Å². The van der Waals surface area contributed by atoms with Gasteiger partial charge >= 0.3 is 0 Å². The summed E-state index contributed by atoms with van der Waals surface area (Å²) in [6.07, 6.45) is 6.68. The van der Waals surface area contributed by atoms with Gasteiger partial charge in [-0.3, -0.25) is 9.78 Å². The summed E-state index contributed by atoms with van der Waals surface area (Å²) in [4.78, 5) is 16.2. The molecule has 2 aromatic rings. The van der Waals surface area contributed by atoms with Crippen molar-refractivity contribution in [3.63, 3.8) is 0 Å². The van der Waals surface area contributed by atoms with Crippen LogP contribution in [0.3, 0.4) is 0 Å². The minimum Gasteiger partial charge on any atom is -0.390 e. The number of carbonyl (C=O) groups excluding carboxylic acids is 1. The van der Waals surface area contributed by atoms with E-state index in [4.69, 9.17) is 0 Å². The summed E-state index contributed by atoms with van der Waals surface area (Å²) in [6, 6.07) is 9.41. The first-order valence-electron chi connectivity index (χ1n) is 7.29. The molecule has 4 heteroatoms. The maximum atomic E-state index is 12.1. The molecule has 0 saturated carbocycles. The van der Waals surface area contributed by atoms with E-state index in [-0.39, 0.29) is 11.9 Å². The summed E-state index contributed by atoms with van der Waals surface area (Å²) in [5.41, 5.74) is 4.01. The molecular formula is C18H18N2O2. The number of aryl methyl sites for hydroxylation is 1. The van der Waals surface area contributed by atoms with Crippen LogP contribution in [-0.2, 0) is 11.2 Å². The molecular weight excluding hydrogens is 276 g/mol. The molecule has 1 aliphatic carbocycles. The van der Waals surface area contributed by atoms with Gasteiger partial charge in [-0.25, -0.2) is 0 Å². The minimum atomic E-state index is -0.574. The van der Waals surface area contributed by atoms with Crippen LogP contribution in [-0.4, -0.2) is 22.1 Å². The maximum Gasteiger partial charge on any atom is 0.244 e. The predicted molar refractivity (Wildman–Crippen MR) is 85.0 cm³/mol. The number of aromatic nitrogens is 1. The van der Waals surface area contributed by atoms with Crippen LogP contribution in [0.25, 0.3) is 6.08 Å². The van der Waals surface area contributed by atoms with Crippen LogP contribution in [0.5, 0.6) is 0 Å². The Hall–Kier alpha value is -2.46. The molecule has 0 saturated heterocycles. The van der Waals surface area contributed by atoms with Gasteiger partial charge in [0.05, 0.1) is 12.1 Å². The molecule has 1 aliphatic rings. The van der Waals surface area contributed by atoms with Gasteiger partial charge in [-0.2, -0.15) is 0 Å². The van der Waals surface area contributed by atoms with Crippen LogP contribution in [0, 0.1) is 6.92 Å². The standard InChI is InChI=1S/C18H18N2O2/c1-12-8-13(11-19-10-12)6-7-17(22)20-18-15-5-3-2-4-14(15)9-16(18)21/h2-8,10-11,16,18,21H,9H2,1H3,(H,20,22)/b7-6+/t16-,18+/m0/s1. The third kappa shape index (κ3) is 3.07. The summed E-state index contributed by atoms with van der Waals surface area (Å²) in [5, 5.41) is 13.0. The first-order chi connectivity index (χ1) is 10.6. The smallest absolute Gasteiger partial charge is 0.244 e. The normalized spacial score (nSPS) is 20.1. The van der Waals surface area contributed by atoms with Gasteiger partial charge in [0.15, 0.2) is 0 Å². The highest BCUT2D eigenvalue weighted by atomic mass is 16.3. The lowest BCUT2D eigenvalue weighted by Crippen LogP contribution is -2.32. The van der Waals surface area contributed by atoms with Gasteiger partial charge in [0.25, 0.3) is 0 Å². The summed E-state index contributed by atoms with van der Waals surface area (Å²) in [6.45, 7) is 1.95. The fourth-order valence-corrected chi connectivity index (χ4v) is 2.79. The monoisotopic (exact) mass is 294 g/mol. The molecule has 1 aromatic carbocycles. The number of rotatable bonds is 3. The molecule has 0 unspecified atom stereocenters. The fraction of sp³-hybridized carbons (Fsp3) is 0.222. The summed E-state index contributed by atoms with van der Waals surface area (Å²) in [5.74, 6) is -0.220. The number of amides is 1. The van der Waals surface area contributed by atoms with Crippen molar-refractivity contribution in [3.8, 4) is 0 Å². The van der Waals surface area contributed by atoms with Crippen LogP contribution in [0.1, 0.15) is 28.3 Å². The molecule has 1 heterocycles. The Morgan fingerprint density at radius 2 is 2.18 bits per heavy atom. The maximum absolute atomic E-state index is 12.1. The fourth-order valence-electron chi connectivity index (χ4n) is 2.79.